The number of aliphatic hydroxyl groups is 1. The van der Waals surface area contributed by atoms with Gasteiger partial charge in [-0.1, -0.05) is 21.5 Å². The highest BCUT2D eigenvalue weighted by Gasteiger charge is 2.40. The van der Waals surface area contributed by atoms with Gasteiger partial charge in [-0.2, -0.15) is 4.90 Å². The molecule has 0 bridgehead atoms. The third kappa shape index (κ3) is 16.0. The fourth-order valence-corrected chi connectivity index (χ4v) is 4.99. The molecule has 1 heterocycles. The summed E-state index contributed by atoms with van der Waals surface area (Å²) in [5, 5.41) is 22.0. The molecule has 2 amide bonds. The zero-order valence-electron chi connectivity index (χ0n) is 26.4. The van der Waals surface area contributed by atoms with E-state index in [9.17, 15) is 29.4 Å². The first-order chi connectivity index (χ1) is 19.7. The average molecular weight is 690 g/mol. The number of aliphatic carboxylic acids is 1. The minimum Gasteiger partial charge on any atom is -0.480 e. The zero-order valence-corrected chi connectivity index (χ0v) is 28.8. The SMILES string of the molecule is C/C(Br)=C\C(Cc1nc(CCC[C@@H](C(=O)O)N(C(=O)OC(C)(C)C)C(=O)OC(C)(C)C)cs1)OC(=O)/C=C(\C)C[C@H](C)O. The van der Waals surface area contributed by atoms with E-state index in [1.165, 1.54) is 17.4 Å². The molecule has 13 heteroatoms. The normalized spacial score (nSPS) is 14.9. The Morgan fingerprint density at radius 1 is 1.07 bits per heavy atom. The molecule has 0 aliphatic heterocycles. The van der Waals surface area contributed by atoms with E-state index in [1.54, 1.807) is 61.5 Å². The summed E-state index contributed by atoms with van der Waals surface area (Å²) < 4.78 is 17.0. The Hall–Kier alpha value is -2.77. The number of imide groups is 1. The summed E-state index contributed by atoms with van der Waals surface area (Å²) in [6.45, 7) is 14.9. The van der Waals surface area contributed by atoms with Crippen LogP contribution in [-0.4, -0.2) is 73.7 Å². The summed E-state index contributed by atoms with van der Waals surface area (Å²) in [5.74, 6) is -1.89. The molecule has 0 aromatic carbocycles. The molecule has 3 atom stereocenters. The van der Waals surface area contributed by atoms with Crippen LogP contribution in [-0.2, 0) is 36.6 Å². The number of esters is 1. The fourth-order valence-electron chi connectivity index (χ4n) is 3.82. The highest BCUT2D eigenvalue weighted by atomic mass is 79.9. The second kappa shape index (κ2) is 16.9. The molecule has 242 valence electrons. The van der Waals surface area contributed by atoms with E-state index < -0.39 is 53.6 Å². The molecule has 1 aromatic heterocycles. The molecule has 1 unspecified atom stereocenters. The van der Waals surface area contributed by atoms with Gasteiger partial charge in [0, 0.05) is 17.9 Å². The van der Waals surface area contributed by atoms with Crippen molar-refractivity contribution in [2.75, 3.05) is 0 Å². The number of carbonyl (C=O) groups is 4. The molecule has 1 rings (SSSR count). The summed E-state index contributed by atoms with van der Waals surface area (Å²) >= 11 is 4.75. The van der Waals surface area contributed by atoms with E-state index in [4.69, 9.17) is 14.2 Å². The number of aromatic nitrogens is 1. The number of amides is 2. The number of ether oxygens (including phenoxy) is 3. The van der Waals surface area contributed by atoms with E-state index in [2.05, 4.69) is 20.9 Å². The van der Waals surface area contributed by atoms with Gasteiger partial charge in [0.15, 0.2) is 0 Å². The van der Waals surface area contributed by atoms with Gasteiger partial charge in [-0.25, -0.2) is 24.2 Å². The zero-order chi connectivity index (χ0) is 33.1. The van der Waals surface area contributed by atoms with Gasteiger partial charge in [0.25, 0.3) is 0 Å². The van der Waals surface area contributed by atoms with Gasteiger partial charge in [-0.15, -0.1) is 11.3 Å². The summed E-state index contributed by atoms with van der Waals surface area (Å²) in [5.41, 5.74) is -0.521. The topological polar surface area (TPSA) is 153 Å². The number of rotatable bonds is 13. The number of thiazole rings is 1. The Morgan fingerprint density at radius 2 is 1.63 bits per heavy atom. The smallest absolute Gasteiger partial charge is 0.420 e. The minimum absolute atomic E-state index is 0.0510. The van der Waals surface area contributed by atoms with E-state index in [0.717, 1.165) is 4.48 Å². The van der Waals surface area contributed by atoms with Crippen LogP contribution in [0.25, 0.3) is 0 Å². The number of halogens is 1. The number of carbonyl (C=O) groups excluding carboxylic acids is 3. The van der Waals surface area contributed by atoms with Crippen LogP contribution in [0.5, 0.6) is 0 Å². The quantitative estimate of drug-likeness (QED) is 0.132. The van der Waals surface area contributed by atoms with Crippen LogP contribution in [0, 0.1) is 0 Å². The molecule has 43 heavy (non-hydrogen) atoms. The summed E-state index contributed by atoms with van der Waals surface area (Å²) in [6, 6.07) is -1.51. The molecular formula is C30H45BrN2O9S. The predicted octanol–water partition coefficient (Wildman–Crippen LogP) is 6.56. The van der Waals surface area contributed by atoms with Crippen LogP contribution < -0.4 is 0 Å². The maximum Gasteiger partial charge on any atom is 0.420 e. The van der Waals surface area contributed by atoms with E-state index in [0.29, 0.717) is 46.9 Å². The predicted molar refractivity (Wildman–Crippen MR) is 167 cm³/mol. The molecule has 2 N–H and O–H groups in total. The van der Waals surface area contributed by atoms with Crippen molar-refractivity contribution in [1.29, 1.82) is 0 Å². The first kappa shape index (κ1) is 38.3. The highest BCUT2D eigenvalue weighted by Crippen LogP contribution is 2.22. The van der Waals surface area contributed by atoms with Crippen LogP contribution in [0.4, 0.5) is 9.59 Å². The molecule has 0 saturated carbocycles. The van der Waals surface area contributed by atoms with Crippen molar-refractivity contribution in [1.82, 2.24) is 9.88 Å². The van der Waals surface area contributed by atoms with Crippen LogP contribution in [0.1, 0.15) is 92.3 Å². The third-order valence-electron chi connectivity index (χ3n) is 5.33. The molecule has 0 radical (unpaired) electrons. The van der Waals surface area contributed by atoms with Crippen LogP contribution >= 0.6 is 27.3 Å². The third-order valence-corrected chi connectivity index (χ3v) is 6.51. The highest BCUT2D eigenvalue weighted by molar-refractivity contribution is 9.11. The number of nitrogens with zero attached hydrogens (tertiary/aromatic N) is 2. The van der Waals surface area contributed by atoms with Gasteiger partial charge in [-0.05, 0) is 98.6 Å². The maximum absolute atomic E-state index is 12.9. The van der Waals surface area contributed by atoms with Gasteiger partial charge >= 0.3 is 24.1 Å². The molecule has 0 aliphatic rings. The lowest BCUT2D eigenvalue weighted by atomic mass is 10.1. The number of hydrogen-bond acceptors (Lipinski definition) is 10. The largest absolute Gasteiger partial charge is 0.480 e. The lowest BCUT2D eigenvalue weighted by Crippen LogP contribution is -2.52. The Labute approximate surface area is 266 Å². The number of aryl methyl sites for hydroxylation is 1. The van der Waals surface area contributed by atoms with E-state index >= 15 is 0 Å². The van der Waals surface area contributed by atoms with E-state index in [1.807, 2.05) is 12.3 Å². The Kier molecular flexibility index (Phi) is 15.0. The Bertz CT molecular complexity index is 1150. The molecule has 0 saturated heterocycles. The number of allylic oxidation sites excluding steroid dienone is 1. The van der Waals surface area contributed by atoms with Crippen molar-refractivity contribution >= 4 is 51.4 Å². The Morgan fingerprint density at radius 3 is 2.09 bits per heavy atom. The molecule has 0 aliphatic carbocycles. The number of hydrogen-bond donors (Lipinski definition) is 2. The number of carboxylic acid groups (broad SMARTS) is 1. The van der Waals surface area contributed by atoms with Gasteiger partial charge in [0.2, 0.25) is 0 Å². The molecule has 0 spiro atoms. The van der Waals surface area contributed by atoms with Crippen molar-refractivity contribution in [2.24, 2.45) is 0 Å². The summed E-state index contributed by atoms with van der Waals surface area (Å²) in [7, 11) is 0. The lowest BCUT2D eigenvalue weighted by Gasteiger charge is -2.31. The van der Waals surface area contributed by atoms with E-state index in [-0.39, 0.29) is 6.42 Å². The first-order valence-corrected chi connectivity index (χ1v) is 15.6. The van der Waals surface area contributed by atoms with Crippen LogP contribution in [0.2, 0.25) is 0 Å². The van der Waals surface area contributed by atoms with Gasteiger partial charge in [-0.3, -0.25) is 0 Å². The molecule has 1 aromatic rings. The van der Waals surface area contributed by atoms with Crippen LogP contribution in [0.3, 0.4) is 0 Å². The van der Waals surface area contributed by atoms with Gasteiger partial charge < -0.3 is 24.4 Å². The second-order valence-corrected chi connectivity index (χ2v) is 14.5. The molecule has 0 fully saturated rings. The maximum atomic E-state index is 12.9. The fraction of sp³-hybridized carbons (Fsp3) is 0.633. The average Bonchev–Trinajstić information content (AvgIpc) is 3.21. The van der Waals surface area contributed by atoms with Gasteiger partial charge in [0.1, 0.15) is 23.3 Å². The summed E-state index contributed by atoms with van der Waals surface area (Å²) in [4.78, 5) is 55.6. The molecular weight excluding hydrogens is 644 g/mol. The first-order valence-electron chi connectivity index (χ1n) is 14.0. The monoisotopic (exact) mass is 688 g/mol. The van der Waals surface area contributed by atoms with Crippen LogP contribution in [0.15, 0.2) is 27.6 Å². The summed E-state index contributed by atoms with van der Waals surface area (Å²) in [6.07, 6.45) is 1.08. The number of carboxylic acids is 1. The van der Waals surface area contributed by atoms with Crippen molar-refractivity contribution in [3.8, 4) is 0 Å². The second-order valence-electron chi connectivity index (χ2n) is 12.3. The van der Waals surface area contributed by atoms with Crippen molar-refractivity contribution in [3.05, 3.63) is 38.3 Å². The van der Waals surface area contributed by atoms with Crippen molar-refractivity contribution in [3.63, 3.8) is 0 Å². The van der Waals surface area contributed by atoms with Crippen molar-refractivity contribution in [2.45, 2.75) is 124 Å². The van der Waals surface area contributed by atoms with Gasteiger partial charge in [0.05, 0.1) is 16.8 Å². The standard InChI is InChI=1S/C30H45BrN2O9S/c1-18(13-20(3)34)14-25(35)40-22(15-19(2)31)16-24-32-21(17-43-24)11-10-12-23(26(36)37)33(27(38)41-29(4,5)6)28(39)42-30(7,8)9/h14-15,17,20,22-23,34H,10-13,16H2,1-9H3,(H,36,37)/b18-14+,19-15+/t20-,22?,23-/m0/s1. The minimum atomic E-state index is -1.51. The Balaban J connectivity index is 2.99. The molecule has 11 nitrogen and oxygen atoms in total. The number of aliphatic hydroxyl groups excluding tert-OH is 1. The van der Waals surface area contributed by atoms with Crippen molar-refractivity contribution < 1.29 is 43.6 Å². The lowest BCUT2D eigenvalue weighted by molar-refractivity contribution is -0.143.